The molecule has 1 aromatic rings. The third kappa shape index (κ3) is 3.99. The molecule has 1 heterocycles. The van der Waals surface area contributed by atoms with Gasteiger partial charge in [-0.15, -0.1) is 0 Å². The minimum absolute atomic E-state index is 0.0136. The summed E-state index contributed by atoms with van der Waals surface area (Å²) in [5.41, 5.74) is 0. The third-order valence-corrected chi connectivity index (χ3v) is 3.13. The zero-order valence-corrected chi connectivity index (χ0v) is 11.0. The molecule has 0 spiro atoms. The number of aliphatic hydroxyl groups excluding tert-OH is 1. The molecular formula is C13H18N2O5. The molecule has 1 saturated carbocycles. The van der Waals surface area contributed by atoms with Gasteiger partial charge in [-0.2, -0.15) is 0 Å². The molecule has 0 saturated heterocycles. The standard InChI is InChI=1S/C13H18N2O5/c16-11(12(17)18)5-6-14-13(19)15(9-3-4-9)8-10-2-1-7-20-10/h1-2,7,9,11,16H,3-6,8H2,(H,14,19)(H,17,18). The number of aliphatic carboxylic acids is 1. The van der Waals surface area contributed by atoms with Crippen LogP contribution in [0.25, 0.3) is 0 Å². The first kappa shape index (κ1) is 14.4. The molecule has 1 aliphatic carbocycles. The average Bonchev–Trinajstić information content (AvgIpc) is 3.12. The van der Waals surface area contributed by atoms with Crippen LogP contribution in [0.2, 0.25) is 0 Å². The fraction of sp³-hybridized carbons (Fsp3) is 0.538. The molecule has 0 aliphatic heterocycles. The van der Waals surface area contributed by atoms with Crippen LogP contribution in [0.15, 0.2) is 22.8 Å². The summed E-state index contributed by atoms with van der Waals surface area (Å²) in [6.07, 6.45) is 2.02. The Morgan fingerprint density at radius 2 is 2.25 bits per heavy atom. The number of rotatable bonds is 7. The van der Waals surface area contributed by atoms with E-state index in [0.717, 1.165) is 12.8 Å². The number of carboxylic acid groups (broad SMARTS) is 1. The summed E-state index contributed by atoms with van der Waals surface area (Å²) in [6, 6.07) is 3.52. The zero-order chi connectivity index (χ0) is 14.5. The highest BCUT2D eigenvalue weighted by atomic mass is 16.4. The van der Waals surface area contributed by atoms with Crippen LogP contribution in [0.5, 0.6) is 0 Å². The number of furan rings is 1. The van der Waals surface area contributed by atoms with Gasteiger partial charge in [-0.3, -0.25) is 0 Å². The van der Waals surface area contributed by atoms with Crippen molar-refractivity contribution in [1.29, 1.82) is 0 Å². The monoisotopic (exact) mass is 282 g/mol. The van der Waals surface area contributed by atoms with E-state index >= 15 is 0 Å². The van der Waals surface area contributed by atoms with E-state index in [4.69, 9.17) is 14.6 Å². The predicted molar refractivity (Wildman–Crippen MR) is 68.9 cm³/mol. The van der Waals surface area contributed by atoms with E-state index < -0.39 is 12.1 Å². The molecule has 0 radical (unpaired) electrons. The first-order valence-electron chi connectivity index (χ1n) is 6.55. The van der Waals surface area contributed by atoms with Crippen LogP contribution in [0.1, 0.15) is 25.0 Å². The third-order valence-electron chi connectivity index (χ3n) is 3.13. The van der Waals surface area contributed by atoms with Gasteiger partial charge in [0.25, 0.3) is 0 Å². The van der Waals surface area contributed by atoms with Gasteiger partial charge in [0, 0.05) is 19.0 Å². The summed E-state index contributed by atoms with van der Waals surface area (Å²) in [4.78, 5) is 24.2. The van der Waals surface area contributed by atoms with Gasteiger partial charge in [0.15, 0.2) is 6.10 Å². The Bertz CT molecular complexity index is 455. The lowest BCUT2D eigenvalue weighted by Gasteiger charge is -2.22. The van der Waals surface area contributed by atoms with Crippen LogP contribution < -0.4 is 5.32 Å². The minimum atomic E-state index is -1.45. The molecule has 2 rings (SSSR count). The Morgan fingerprint density at radius 1 is 1.50 bits per heavy atom. The van der Waals surface area contributed by atoms with E-state index in [1.165, 1.54) is 0 Å². The summed E-state index contributed by atoms with van der Waals surface area (Å²) < 4.78 is 5.23. The number of nitrogens with zero attached hydrogens (tertiary/aromatic N) is 1. The van der Waals surface area contributed by atoms with Crippen LogP contribution >= 0.6 is 0 Å². The van der Waals surface area contributed by atoms with Gasteiger partial charge in [0.2, 0.25) is 0 Å². The maximum atomic E-state index is 12.0. The van der Waals surface area contributed by atoms with E-state index in [1.807, 2.05) is 0 Å². The Labute approximate surface area is 116 Å². The van der Waals surface area contributed by atoms with Crippen molar-refractivity contribution >= 4 is 12.0 Å². The molecule has 110 valence electrons. The molecule has 1 aromatic heterocycles. The lowest BCUT2D eigenvalue weighted by atomic mass is 10.2. The van der Waals surface area contributed by atoms with Gasteiger partial charge in [-0.05, 0) is 25.0 Å². The van der Waals surface area contributed by atoms with Crippen molar-refractivity contribution in [2.75, 3.05) is 6.54 Å². The van der Waals surface area contributed by atoms with Gasteiger partial charge >= 0.3 is 12.0 Å². The van der Waals surface area contributed by atoms with Gasteiger partial charge in [-0.1, -0.05) is 0 Å². The highest BCUT2D eigenvalue weighted by molar-refractivity contribution is 5.75. The Morgan fingerprint density at radius 3 is 2.80 bits per heavy atom. The van der Waals surface area contributed by atoms with Crippen LogP contribution in [0.3, 0.4) is 0 Å². The first-order chi connectivity index (χ1) is 9.58. The summed E-state index contributed by atoms with van der Waals surface area (Å²) in [6.45, 7) is 0.513. The number of urea groups is 1. The number of carbonyl (C=O) groups excluding carboxylic acids is 1. The molecule has 20 heavy (non-hydrogen) atoms. The van der Waals surface area contributed by atoms with Crippen molar-refractivity contribution in [3.63, 3.8) is 0 Å². The largest absolute Gasteiger partial charge is 0.479 e. The minimum Gasteiger partial charge on any atom is -0.479 e. The van der Waals surface area contributed by atoms with Crippen molar-refractivity contribution in [2.45, 2.75) is 38.0 Å². The Kier molecular flexibility index (Phi) is 4.62. The summed E-state index contributed by atoms with van der Waals surface area (Å²) in [5, 5.41) is 20.3. The molecule has 1 atom stereocenters. The fourth-order valence-corrected chi connectivity index (χ4v) is 1.86. The van der Waals surface area contributed by atoms with Crippen molar-refractivity contribution in [3.8, 4) is 0 Å². The topological polar surface area (TPSA) is 103 Å². The average molecular weight is 282 g/mol. The number of hydrogen-bond donors (Lipinski definition) is 3. The lowest BCUT2D eigenvalue weighted by molar-refractivity contribution is -0.146. The first-order valence-corrected chi connectivity index (χ1v) is 6.55. The van der Waals surface area contributed by atoms with E-state index in [1.54, 1.807) is 23.3 Å². The number of nitrogens with one attached hydrogen (secondary N) is 1. The highest BCUT2D eigenvalue weighted by Gasteiger charge is 2.33. The van der Waals surface area contributed by atoms with Crippen LogP contribution in [0, 0.1) is 0 Å². The normalized spacial score (nSPS) is 15.7. The van der Waals surface area contributed by atoms with E-state index in [9.17, 15) is 9.59 Å². The van der Waals surface area contributed by atoms with Crippen molar-refractivity contribution in [1.82, 2.24) is 10.2 Å². The molecule has 1 aliphatic rings. The summed E-state index contributed by atoms with van der Waals surface area (Å²) in [5.74, 6) is -0.577. The van der Waals surface area contributed by atoms with Gasteiger partial charge in [0.1, 0.15) is 5.76 Å². The maximum absolute atomic E-state index is 12.0. The molecule has 2 amide bonds. The second-order valence-corrected chi connectivity index (χ2v) is 4.81. The van der Waals surface area contributed by atoms with E-state index in [-0.39, 0.29) is 25.0 Å². The fourth-order valence-electron chi connectivity index (χ4n) is 1.86. The second-order valence-electron chi connectivity index (χ2n) is 4.81. The van der Waals surface area contributed by atoms with E-state index in [0.29, 0.717) is 12.3 Å². The summed E-state index contributed by atoms with van der Waals surface area (Å²) in [7, 11) is 0. The van der Waals surface area contributed by atoms with Crippen LogP contribution in [0.4, 0.5) is 4.79 Å². The second kappa shape index (κ2) is 6.42. The molecule has 0 bridgehead atoms. The summed E-state index contributed by atoms with van der Waals surface area (Å²) >= 11 is 0. The maximum Gasteiger partial charge on any atom is 0.332 e. The SMILES string of the molecule is O=C(O)C(O)CCNC(=O)N(Cc1ccco1)C1CC1. The van der Waals surface area contributed by atoms with Crippen LogP contribution in [-0.2, 0) is 11.3 Å². The molecule has 3 N–H and O–H groups in total. The molecule has 1 fully saturated rings. The quantitative estimate of drug-likeness (QED) is 0.686. The Hall–Kier alpha value is -2.02. The highest BCUT2D eigenvalue weighted by Crippen LogP contribution is 2.28. The molecule has 7 heteroatoms. The smallest absolute Gasteiger partial charge is 0.332 e. The predicted octanol–water partition coefficient (Wildman–Crippen LogP) is 0.789. The number of amides is 2. The van der Waals surface area contributed by atoms with Crippen LogP contribution in [-0.4, -0.2) is 45.8 Å². The van der Waals surface area contributed by atoms with Gasteiger partial charge in [0.05, 0.1) is 12.8 Å². The van der Waals surface area contributed by atoms with E-state index in [2.05, 4.69) is 5.32 Å². The van der Waals surface area contributed by atoms with Crippen molar-refractivity contribution < 1.29 is 24.2 Å². The Balaban J connectivity index is 1.80. The van der Waals surface area contributed by atoms with Crippen molar-refractivity contribution in [3.05, 3.63) is 24.2 Å². The number of carboxylic acids is 1. The number of hydrogen-bond acceptors (Lipinski definition) is 4. The molecule has 7 nitrogen and oxygen atoms in total. The number of aliphatic hydroxyl groups is 1. The van der Waals surface area contributed by atoms with Gasteiger partial charge < -0.3 is 24.8 Å². The van der Waals surface area contributed by atoms with Gasteiger partial charge in [-0.25, -0.2) is 9.59 Å². The zero-order valence-electron chi connectivity index (χ0n) is 11.0. The number of carbonyl (C=O) groups is 2. The lowest BCUT2D eigenvalue weighted by Crippen LogP contribution is -2.42. The molecule has 0 aromatic carbocycles. The molecule has 1 unspecified atom stereocenters. The van der Waals surface area contributed by atoms with Crippen molar-refractivity contribution in [2.24, 2.45) is 0 Å². The molecular weight excluding hydrogens is 264 g/mol.